The SMILES string of the molecule is COC(=O)C(C)(COc1ccccc1)NCC(=O)Nc1cc(Cl)ccc1OC. The summed E-state index contributed by atoms with van der Waals surface area (Å²) in [4.78, 5) is 24.6. The molecule has 0 bridgehead atoms. The number of hydrogen-bond acceptors (Lipinski definition) is 6. The molecule has 2 aromatic rings. The molecule has 0 saturated heterocycles. The van der Waals surface area contributed by atoms with Crippen LogP contribution in [-0.2, 0) is 14.3 Å². The third-order valence-corrected chi connectivity index (χ3v) is 4.22. The number of esters is 1. The van der Waals surface area contributed by atoms with Crippen molar-refractivity contribution in [2.45, 2.75) is 12.5 Å². The van der Waals surface area contributed by atoms with Crippen molar-refractivity contribution >= 4 is 29.2 Å². The first-order valence-corrected chi connectivity index (χ1v) is 8.90. The molecule has 0 fully saturated rings. The Kier molecular flexibility index (Phi) is 7.66. The molecule has 0 aliphatic rings. The monoisotopic (exact) mass is 406 g/mol. The van der Waals surface area contributed by atoms with Crippen molar-refractivity contribution in [3.05, 3.63) is 53.6 Å². The Morgan fingerprint density at radius 2 is 1.82 bits per heavy atom. The molecule has 8 heteroatoms. The van der Waals surface area contributed by atoms with E-state index in [9.17, 15) is 9.59 Å². The molecule has 2 N–H and O–H groups in total. The van der Waals surface area contributed by atoms with Crippen LogP contribution in [0.1, 0.15) is 6.92 Å². The fraction of sp³-hybridized carbons (Fsp3) is 0.300. The lowest BCUT2D eigenvalue weighted by molar-refractivity contribution is -0.149. The highest BCUT2D eigenvalue weighted by Crippen LogP contribution is 2.27. The molecule has 150 valence electrons. The number of anilines is 1. The minimum atomic E-state index is -1.22. The van der Waals surface area contributed by atoms with Gasteiger partial charge in [-0.2, -0.15) is 0 Å². The molecule has 0 aromatic heterocycles. The van der Waals surface area contributed by atoms with Gasteiger partial charge >= 0.3 is 5.97 Å². The van der Waals surface area contributed by atoms with Gasteiger partial charge in [0.25, 0.3) is 0 Å². The van der Waals surface area contributed by atoms with E-state index in [4.69, 9.17) is 25.8 Å². The van der Waals surface area contributed by atoms with Crippen molar-refractivity contribution in [2.75, 3.05) is 32.7 Å². The summed E-state index contributed by atoms with van der Waals surface area (Å²) in [6.45, 7) is 1.44. The van der Waals surface area contributed by atoms with Crippen LogP contribution in [0.25, 0.3) is 0 Å². The third-order valence-electron chi connectivity index (χ3n) is 3.98. The van der Waals surface area contributed by atoms with Crippen LogP contribution in [0.5, 0.6) is 11.5 Å². The number of para-hydroxylation sites is 1. The van der Waals surface area contributed by atoms with Crippen LogP contribution in [0.2, 0.25) is 5.02 Å². The van der Waals surface area contributed by atoms with Crippen molar-refractivity contribution < 1.29 is 23.8 Å². The van der Waals surface area contributed by atoms with E-state index in [1.165, 1.54) is 14.2 Å². The van der Waals surface area contributed by atoms with E-state index in [-0.39, 0.29) is 19.1 Å². The van der Waals surface area contributed by atoms with Crippen LogP contribution in [0, 0.1) is 0 Å². The zero-order chi connectivity index (χ0) is 20.6. The number of benzene rings is 2. The van der Waals surface area contributed by atoms with Crippen molar-refractivity contribution in [3.8, 4) is 11.5 Å². The van der Waals surface area contributed by atoms with Crippen LogP contribution in [0.15, 0.2) is 48.5 Å². The molecule has 2 aromatic carbocycles. The zero-order valence-corrected chi connectivity index (χ0v) is 16.7. The molecular formula is C20H23ClN2O5. The van der Waals surface area contributed by atoms with Gasteiger partial charge in [-0.05, 0) is 37.3 Å². The summed E-state index contributed by atoms with van der Waals surface area (Å²) in [5.74, 6) is 0.153. The van der Waals surface area contributed by atoms with Gasteiger partial charge in [0.2, 0.25) is 5.91 Å². The zero-order valence-electron chi connectivity index (χ0n) is 16.0. The first kappa shape index (κ1) is 21.5. The van der Waals surface area contributed by atoms with Crippen molar-refractivity contribution in [2.24, 2.45) is 0 Å². The van der Waals surface area contributed by atoms with Gasteiger partial charge in [0, 0.05) is 5.02 Å². The second-order valence-corrected chi connectivity index (χ2v) is 6.61. The number of carbonyl (C=O) groups excluding carboxylic acids is 2. The highest BCUT2D eigenvalue weighted by molar-refractivity contribution is 6.31. The number of nitrogens with one attached hydrogen (secondary N) is 2. The summed E-state index contributed by atoms with van der Waals surface area (Å²) in [5.41, 5.74) is -0.789. The third kappa shape index (κ3) is 5.87. The fourth-order valence-corrected chi connectivity index (χ4v) is 2.57. The topological polar surface area (TPSA) is 85.9 Å². The molecule has 1 unspecified atom stereocenters. The summed E-state index contributed by atoms with van der Waals surface area (Å²) >= 11 is 5.97. The van der Waals surface area contributed by atoms with Crippen molar-refractivity contribution in [3.63, 3.8) is 0 Å². The Morgan fingerprint density at radius 1 is 1.11 bits per heavy atom. The first-order valence-electron chi connectivity index (χ1n) is 8.52. The van der Waals surface area contributed by atoms with E-state index < -0.39 is 11.5 Å². The summed E-state index contributed by atoms with van der Waals surface area (Å²) < 4.78 is 15.7. The van der Waals surface area contributed by atoms with Gasteiger partial charge in [-0.15, -0.1) is 0 Å². The maximum Gasteiger partial charge on any atom is 0.329 e. The lowest BCUT2D eigenvalue weighted by Crippen LogP contribution is -2.56. The Hall–Kier alpha value is -2.77. The van der Waals surface area contributed by atoms with Gasteiger partial charge in [0.15, 0.2) is 0 Å². The summed E-state index contributed by atoms with van der Waals surface area (Å²) in [5, 5.41) is 6.06. The second-order valence-electron chi connectivity index (χ2n) is 6.17. The van der Waals surface area contributed by atoms with Crippen LogP contribution in [0.4, 0.5) is 5.69 Å². The van der Waals surface area contributed by atoms with E-state index in [1.54, 1.807) is 37.3 Å². The summed E-state index contributed by atoms with van der Waals surface area (Å²) in [6, 6.07) is 13.9. The number of hydrogen-bond donors (Lipinski definition) is 2. The molecule has 0 heterocycles. The lowest BCUT2D eigenvalue weighted by Gasteiger charge is -2.27. The molecule has 0 aliphatic heterocycles. The number of amides is 1. The highest BCUT2D eigenvalue weighted by Gasteiger charge is 2.35. The van der Waals surface area contributed by atoms with E-state index >= 15 is 0 Å². The minimum absolute atomic E-state index is 0.0164. The summed E-state index contributed by atoms with van der Waals surface area (Å²) in [7, 11) is 2.77. The lowest BCUT2D eigenvalue weighted by atomic mass is 10.0. The first-order chi connectivity index (χ1) is 13.4. The minimum Gasteiger partial charge on any atom is -0.495 e. The van der Waals surface area contributed by atoms with Gasteiger partial charge in [0.05, 0.1) is 26.5 Å². The summed E-state index contributed by atoms with van der Waals surface area (Å²) in [6.07, 6.45) is 0. The van der Waals surface area contributed by atoms with E-state index in [1.807, 2.05) is 18.2 Å². The van der Waals surface area contributed by atoms with Crippen molar-refractivity contribution in [1.82, 2.24) is 5.32 Å². The average molecular weight is 407 g/mol. The predicted molar refractivity (Wildman–Crippen MR) is 107 cm³/mol. The van der Waals surface area contributed by atoms with E-state index in [0.717, 1.165) is 0 Å². The fourth-order valence-electron chi connectivity index (χ4n) is 2.40. The average Bonchev–Trinajstić information content (AvgIpc) is 2.71. The molecule has 1 atom stereocenters. The largest absolute Gasteiger partial charge is 0.495 e. The predicted octanol–water partition coefficient (Wildman–Crippen LogP) is 2.89. The van der Waals surface area contributed by atoms with Crippen LogP contribution >= 0.6 is 11.6 Å². The van der Waals surface area contributed by atoms with Crippen LogP contribution in [-0.4, -0.2) is 44.8 Å². The van der Waals surface area contributed by atoms with Gasteiger partial charge in [-0.1, -0.05) is 29.8 Å². The molecular weight excluding hydrogens is 384 g/mol. The number of halogens is 1. The molecule has 0 spiro atoms. The van der Waals surface area contributed by atoms with Gasteiger partial charge in [-0.25, -0.2) is 4.79 Å². The highest BCUT2D eigenvalue weighted by atomic mass is 35.5. The number of rotatable bonds is 9. The maximum absolute atomic E-state index is 12.4. The van der Waals surface area contributed by atoms with Gasteiger partial charge in [0.1, 0.15) is 23.6 Å². The van der Waals surface area contributed by atoms with E-state index in [0.29, 0.717) is 22.2 Å². The Balaban J connectivity index is 2.01. The Bertz CT molecular complexity index is 815. The molecule has 7 nitrogen and oxygen atoms in total. The number of methoxy groups -OCH3 is 2. The Labute approximate surface area is 168 Å². The number of carbonyl (C=O) groups is 2. The molecule has 0 saturated carbocycles. The molecule has 0 aliphatic carbocycles. The van der Waals surface area contributed by atoms with Crippen LogP contribution in [0.3, 0.4) is 0 Å². The van der Waals surface area contributed by atoms with Crippen molar-refractivity contribution in [1.29, 1.82) is 0 Å². The number of ether oxygens (including phenoxy) is 3. The normalized spacial score (nSPS) is 12.6. The molecule has 1 amide bonds. The standard InChI is InChI=1S/C20H23ClN2O5/c1-20(19(25)27-3,13-28-15-7-5-4-6-8-15)22-12-18(24)23-16-11-14(21)9-10-17(16)26-2/h4-11,22H,12-13H2,1-3H3,(H,23,24). The molecule has 0 radical (unpaired) electrons. The second kappa shape index (κ2) is 9.96. The maximum atomic E-state index is 12.4. The van der Waals surface area contributed by atoms with Gasteiger partial charge < -0.3 is 19.5 Å². The smallest absolute Gasteiger partial charge is 0.329 e. The molecule has 28 heavy (non-hydrogen) atoms. The molecule has 2 rings (SSSR count). The Morgan fingerprint density at radius 3 is 2.46 bits per heavy atom. The van der Waals surface area contributed by atoms with Gasteiger partial charge in [-0.3, -0.25) is 10.1 Å². The van der Waals surface area contributed by atoms with E-state index in [2.05, 4.69) is 10.6 Å². The quantitative estimate of drug-likeness (QED) is 0.623. The van der Waals surface area contributed by atoms with Crippen LogP contribution < -0.4 is 20.1 Å².